The van der Waals surface area contributed by atoms with Crippen LogP contribution in [0.2, 0.25) is 0 Å². The molecule has 2 aliphatic heterocycles. The summed E-state index contributed by atoms with van der Waals surface area (Å²) in [6, 6.07) is 10.3. The maximum atomic E-state index is 13.2. The zero-order chi connectivity index (χ0) is 22.8. The minimum absolute atomic E-state index is 0.131. The van der Waals surface area contributed by atoms with Gasteiger partial charge >= 0.3 is 0 Å². The fourth-order valence-electron chi connectivity index (χ4n) is 4.40. The van der Waals surface area contributed by atoms with Crippen LogP contribution in [0.1, 0.15) is 36.0 Å². The molecule has 4 heterocycles. The summed E-state index contributed by atoms with van der Waals surface area (Å²) in [4.78, 5) is 27.3. The molecule has 2 fully saturated rings. The summed E-state index contributed by atoms with van der Waals surface area (Å²) in [7, 11) is -3.59. The molecule has 0 N–H and O–H groups in total. The van der Waals surface area contributed by atoms with Crippen molar-refractivity contribution in [2.45, 2.75) is 30.6 Å². The molecule has 1 aromatic carbocycles. The van der Waals surface area contributed by atoms with Gasteiger partial charge in [0.1, 0.15) is 10.3 Å². The van der Waals surface area contributed by atoms with E-state index in [1.807, 2.05) is 12.1 Å². The second kappa shape index (κ2) is 9.36. The smallest absolute Gasteiger partial charge is 0.254 e. The van der Waals surface area contributed by atoms with Gasteiger partial charge < -0.3 is 9.80 Å². The quantitative estimate of drug-likeness (QED) is 0.564. The van der Waals surface area contributed by atoms with Crippen molar-refractivity contribution in [2.75, 3.05) is 44.2 Å². The van der Waals surface area contributed by atoms with Gasteiger partial charge in [0.2, 0.25) is 10.0 Å². The zero-order valence-electron chi connectivity index (χ0n) is 18.4. The van der Waals surface area contributed by atoms with E-state index in [0.29, 0.717) is 44.8 Å². The van der Waals surface area contributed by atoms with Gasteiger partial charge in [-0.05, 0) is 43.2 Å². The molecule has 0 spiro atoms. The molecule has 0 radical (unpaired) electrons. The summed E-state index contributed by atoms with van der Waals surface area (Å²) in [5.74, 6) is -0.131. The minimum atomic E-state index is -3.59. The van der Waals surface area contributed by atoms with Gasteiger partial charge in [0.15, 0.2) is 5.13 Å². The Kier molecular flexibility index (Phi) is 6.31. The van der Waals surface area contributed by atoms with Crippen LogP contribution in [0.5, 0.6) is 0 Å². The van der Waals surface area contributed by atoms with Crippen LogP contribution in [-0.2, 0) is 10.0 Å². The lowest BCUT2D eigenvalue weighted by molar-refractivity contribution is 0.0746. The lowest BCUT2D eigenvalue weighted by Crippen LogP contribution is -2.48. The van der Waals surface area contributed by atoms with E-state index in [1.54, 1.807) is 44.9 Å². The lowest BCUT2D eigenvalue weighted by Gasteiger charge is -2.34. The number of anilines is 1. The highest BCUT2D eigenvalue weighted by molar-refractivity contribution is 7.89. The van der Waals surface area contributed by atoms with Crippen LogP contribution in [0.25, 0.3) is 10.3 Å². The highest BCUT2D eigenvalue weighted by Gasteiger charge is 2.28. The molecule has 0 atom stereocenters. The molecule has 2 saturated heterocycles. The van der Waals surface area contributed by atoms with Crippen molar-refractivity contribution >= 4 is 42.7 Å². The maximum Gasteiger partial charge on any atom is 0.254 e. The van der Waals surface area contributed by atoms with E-state index in [2.05, 4.69) is 14.9 Å². The molecule has 2 aliphatic rings. The van der Waals surface area contributed by atoms with Crippen molar-refractivity contribution in [3.63, 3.8) is 0 Å². The number of hydrogen-bond acceptors (Lipinski definition) is 7. The highest BCUT2D eigenvalue weighted by atomic mass is 32.2. The summed E-state index contributed by atoms with van der Waals surface area (Å²) in [6.07, 6.45) is 5.65. The van der Waals surface area contributed by atoms with E-state index in [4.69, 9.17) is 0 Å². The number of benzene rings is 1. The van der Waals surface area contributed by atoms with Gasteiger partial charge in [0, 0.05) is 51.0 Å². The Labute approximate surface area is 197 Å². The third-order valence-corrected chi connectivity index (χ3v) is 9.21. The SMILES string of the molecule is O=C(c1cccc(S(=O)(=O)N2CCCCCC2)c1)N1CCN(c2nc3cccnc3s2)CC1. The fourth-order valence-corrected chi connectivity index (χ4v) is 6.92. The van der Waals surface area contributed by atoms with Crippen LogP contribution in [0, 0.1) is 0 Å². The number of amides is 1. The van der Waals surface area contributed by atoms with Crippen molar-refractivity contribution in [2.24, 2.45) is 0 Å². The van der Waals surface area contributed by atoms with E-state index >= 15 is 0 Å². The summed E-state index contributed by atoms with van der Waals surface area (Å²) in [6.45, 7) is 3.57. The summed E-state index contributed by atoms with van der Waals surface area (Å²) >= 11 is 1.56. The number of rotatable bonds is 4. The minimum Gasteiger partial charge on any atom is -0.344 e. The molecule has 0 aliphatic carbocycles. The number of carbonyl (C=O) groups excluding carboxylic acids is 1. The monoisotopic (exact) mass is 485 g/mol. The number of carbonyl (C=O) groups is 1. The van der Waals surface area contributed by atoms with Crippen LogP contribution in [0.4, 0.5) is 5.13 Å². The molecule has 2 aromatic heterocycles. The summed E-state index contributed by atoms with van der Waals surface area (Å²) in [5.41, 5.74) is 1.31. The normalized spacial score (nSPS) is 18.4. The number of sulfonamides is 1. The standard InChI is InChI=1S/C23H27N5O3S2/c29-22(18-7-5-8-19(17-18)33(30,31)28-11-3-1-2-4-12-28)26-13-15-27(16-14-26)23-25-20-9-6-10-24-21(20)32-23/h5-10,17H,1-4,11-16H2. The summed E-state index contributed by atoms with van der Waals surface area (Å²) in [5, 5.41) is 0.918. The van der Waals surface area contributed by atoms with E-state index in [-0.39, 0.29) is 10.8 Å². The van der Waals surface area contributed by atoms with Gasteiger partial charge in [-0.25, -0.2) is 18.4 Å². The van der Waals surface area contributed by atoms with Gasteiger partial charge in [-0.1, -0.05) is 30.2 Å². The lowest BCUT2D eigenvalue weighted by atomic mass is 10.2. The number of piperazine rings is 1. The van der Waals surface area contributed by atoms with Crippen molar-refractivity contribution in [3.05, 3.63) is 48.2 Å². The number of pyridine rings is 1. The topological polar surface area (TPSA) is 86.7 Å². The summed E-state index contributed by atoms with van der Waals surface area (Å²) < 4.78 is 27.9. The number of hydrogen-bond donors (Lipinski definition) is 0. The van der Waals surface area contributed by atoms with Gasteiger partial charge in [0.05, 0.1) is 4.90 Å². The van der Waals surface area contributed by atoms with Crippen LogP contribution in [0.3, 0.4) is 0 Å². The first kappa shape index (κ1) is 22.2. The van der Waals surface area contributed by atoms with E-state index in [9.17, 15) is 13.2 Å². The molecule has 5 rings (SSSR count). The molecule has 8 nitrogen and oxygen atoms in total. The van der Waals surface area contributed by atoms with Crippen molar-refractivity contribution in [3.8, 4) is 0 Å². The second-order valence-corrected chi connectivity index (χ2v) is 11.3. The molecule has 0 unspecified atom stereocenters. The third-order valence-electron chi connectivity index (χ3n) is 6.28. The molecular weight excluding hydrogens is 458 g/mol. The van der Waals surface area contributed by atoms with Crippen LogP contribution in [0.15, 0.2) is 47.5 Å². The average Bonchev–Trinajstić information content (AvgIpc) is 3.09. The van der Waals surface area contributed by atoms with Gasteiger partial charge in [-0.15, -0.1) is 0 Å². The predicted octanol–water partition coefficient (Wildman–Crippen LogP) is 3.22. The van der Waals surface area contributed by atoms with E-state index in [0.717, 1.165) is 41.2 Å². The molecule has 10 heteroatoms. The highest BCUT2D eigenvalue weighted by Crippen LogP contribution is 2.28. The third kappa shape index (κ3) is 4.60. The number of thiazole rings is 1. The molecule has 33 heavy (non-hydrogen) atoms. The Hall–Kier alpha value is -2.56. The second-order valence-electron chi connectivity index (χ2n) is 8.45. The van der Waals surface area contributed by atoms with Crippen molar-refractivity contribution < 1.29 is 13.2 Å². The Bertz CT molecular complexity index is 1210. The Balaban J connectivity index is 1.27. The Morgan fingerprint density at radius 3 is 2.39 bits per heavy atom. The maximum absolute atomic E-state index is 13.2. The van der Waals surface area contributed by atoms with Crippen molar-refractivity contribution in [1.82, 2.24) is 19.2 Å². The molecular formula is C23H27N5O3S2. The first-order valence-corrected chi connectivity index (χ1v) is 13.6. The molecule has 174 valence electrons. The number of aromatic nitrogens is 2. The van der Waals surface area contributed by atoms with Crippen LogP contribution < -0.4 is 4.90 Å². The largest absolute Gasteiger partial charge is 0.344 e. The zero-order valence-corrected chi connectivity index (χ0v) is 20.0. The Morgan fingerprint density at radius 2 is 1.67 bits per heavy atom. The molecule has 3 aromatic rings. The molecule has 0 saturated carbocycles. The first-order chi connectivity index (χ1) is 16.0. The fraction of sp³-hybridized carbons (Fsp3) is 0.435. The molecule has 1 amide bonds. The van der Waals surface area contributed by atoms with Gasteiger partial charge in [0.25, 0.3) is 5.91 Å². The van der Waals surface area contributed by atoms with Crippen LogP contribution >= 0.6 is 11.3 Å². The molecule has 0 bridgehead atoms. The Morgan fingerprint density at radius 1 is 0.909 bits per heavy atom. The van der Waals surface area contributed by atoms with Gasteiger partial charge in [-0.2, -0.15) is 4.31 Å². The van der Waals surface area contributed by atoms with Gasteiger partial charge in [-0.3, -0.25) is 4.79 Å². The predicted molar refractivity (Wildman–Crippen MR) is 129 cm³/mol. The average molecular weight is 486 g/mol. The van der Waals surface area contributed by atoms with Crippen LogP contribution in [-0.4, -0.2) is 72.8 Å². The first-order valence-electron chi connectivity index (χ1n) is 11.4. The van der Waals surface area contributed by atoms with E-state index < -0.39 is 10.0 Å². The van der Waals surface area contributed by atoms with E-state index in [1.165, 1.54) is 6.07 Å². The number of nitrogens with zero attached hydrogens (tertiary/aromatic N) is 5. The number of fused-ring (bicyclic) bond motifs is 1. The van der Waals surface area contributed by atoms with Crippen molar-refractivity contribution in [1.29, 1.82) is 0 Å².